The Kier molecular flexibility index (Phi) is 3.75. The summed E-state index contributed by atoms with van der Waals surface area (Å²) in [6.45, 7) is 0.723. The summed E-state index contributed by atoms with van der Waals surface area (Å²) in [5.74, 6) is 0.985. The lowest BCUT2D eigenvalue weighted by molar-refractivity contribution is -0.124. The predicted octanol–water partition coefficient (Wildman–Crippen LogP) is 0.509. The van der Waals surface area contributed by atoms with Crippen LogP contribution in [0, 0.1) is 5.92 Å². The molecule has 1 amide bonds. The van der Waals surface area contributed by atoms with Crippen molar-refractivity contribution in [3.63, 3.8) is 0 Å². The molecule has 3 rings (SSSR count). The third-order valence-corrected chi connectivity index (χ3v) is 5.52. The zero-order valence-corrected chi connectivity index (χ0v) is 12.3. The van der Waals surface area contributed by atoms with E-state index in [0.717, 1.165) is 17.1 Å². The summed E-state index contributed by atoms with van der Waals surface area (Å²) in [7, 11) is -3.02. The van der Waals surface area contributed by atoms with Crippen molar-refractivity contribution < 1.29 is 22.7 Å². The van der Waals surface area contributed by atoms with Crippen LogP contribution in [0.1, 0.15) is 12.0 Å². The smallest absolute Gasteiger partial charge is 0.231 e. The number of amides is 1. The van der Waals surface area contributed by atoms with Crippen LogP contribution in [0.4, 0.5) is 0 Å². The van der Waals surface area contributed by atoms with Crippen molar-refractivity contribution in [3.05, 3.63) is 23.8 Å². The minimum absolute atomic E-state index is 0.0249. The topological polar surface area (TPSA) is 81.7 Å². The molecular weight excluding hydrogens is 294 g/mol. The Hall–Kier alpha value is -1.76. The molecule has 0 aliphatic carbocycles. The van der Waals surface area contributed by atoms with E-state index in [-0.39, 0.29) is 24.2 Å². The summed E-state index contributed by atoms with van der Waals surface area (Å²) >= 11 is 0. The maximum absolute atomic E-state index is 11.9. The van der Waals surface area contributed by atoms with E-state index in [1.165, 1.54) is 0 Å². The van der Waals surface area contributed by atoms with E-state index in [1.807, 2.05) is 18.2 Å². The van der Waals surface area contributed by atoms with E-state index in [1.54, 1.807) is 0 Å². The quantitative estimate of drug-likeness (QED) is 0.876. The van der Waals surface area contributed by atoms with Crippen molar-refractivity contribution in [2.24, 2.45) is 5.92 Å². The van der Waals surface area contributed by atoms with Crippen LogP contribution in [0.3, 0.4) is 0 Å². The number of benzene rings is 1. The maximum atomic E-state index is 11.9. The Labute approximate surface area is 123 Å². The number of hydrogen-bond acceptors (Lipinski definition) is 5. The monoisotopic (exact) mass is 311 g/mol. The molecule has 1 N–H and O–H groups in total. The number of sulfone groups is 1. The SMILES string of the molecule is O=C(NCCc1ccc2c(c1)OCO2)[C@H]1CCS(=O)(=O)C1. The van der Waals surface area contributed by atoms with Gasteiger partial charge in [0.2, 0.25) is 12.7 Å². The van der Waals surface area contributed by atoms with E-state index in [0.29, 0.717) is 19.4 Å². The van der Waals surface area contributed by atoms with E-state index < -0.39 is 15.8 Å². The van der Waals surface area contributed by atoms with Crippen LogP contribution in [-0.2, 0) is 21.1 Å². The van der Waals surface area contributed by atoms with Crippen LogP contribution in [0.15, 0.2) is 18.2 Å². The molecule has 0 spiro atoms. The molecule has 6 nitrogen and oxygen atoms in total. The van der Waals surface area contributed by atoms with Crippen molar-refractivity contribution in [2.75, 3.05) is 24.8 Å². The normalized spacial score (nSPS) is 22.2. The van der Waals surface area contributed by atoms with Crippen molar-refractivity contribution in [1.82, 2.24) is 5.32 Å². The van der Waals surface area contributed by atoms with E-state index in [9.17, 15) is 13.2 Å². The van der Waals surface area contributed by atoms with Gasteiger partial charge < -0.3 is 14.8 Å². The molecule has 1 aromatic rings. The molecule has 0 bridgehead atoms. The molecule has 0 radical (unpaired) electrons. The first-order valence-corrected chi connectivity index (χ1v) is 8.72. The highest BCUT2D eigenvalue weighted by Crippen LogP contribution is 2.32. The van der Waals surface area contributed by atoms with Gasteiger partial charge in [-0.05, 0) is 30.5 Å². The zero-order chi connectivity index (χ0) is 14.9. The van der Waals surface area contributed by atoms with Gasteiger partial charge in [-0.1, -0.05) is 6.07 Å². The molecule has 21 heavy (non-hydrogen) atoms. The molecule has 2 heterocycles. The van der Waals surface area contributed by atoms with Gasteiger partial charge in [-0.2, -0.15) is 0 Å². The van der Waals surface area contributed by atoms with Crippen LogP contribution in [0.5, 0.6) is 11.5 Å². The average Bonchev–Trinajstić information content (AvgIpc) is 3.04. The van der Waals surface area contributed by atoms with E-state index in [4.69, 9.17) is 9.47 Å². The number of carbonyl (C=O) groups excluding carboxylic acids is 1. The number of carbonyl (C=O) groups is 1. The van der Waals surface area contributed by atoms with Crippen molar-refractivity contribution >= 4 is 15.7 Å². The summed E-state index contributed by atoms with van der Waals surface area (Å²) in [6, 6.07) is 5.68. The van der Waals surface area contributed by atoms with Gasteiger partial charge in [0.25, 0.3) is 0 Å². The van der Waals surface area contributed by atoms with Gasteiger partial charge in [0.15, 0.2) is 21.3 Å². The van der Waals surface area contributed by atoms with Crippen molar-refractivity contribution in [2.45, 2.75) is 12.8 Å². The molecule has 1 saturated heterocycles. The Morgan fingerprint density at radius 1 is 1.29 bits per heavy atom. The van der Waals surface area contributed by atoms with Gasteiger partial charge in [0.1, 0.15) is 0 Å². The zero-order valence-electron chi connectivity index (χ0n) is 11.5. The molecule has 1 aromatic carbocycles. The van der Waals surface area contributed by atoms with Gasteiger partial charge in [0.05, 0.1) is 17.4 Å². The molecule has 1 atom stereocenters. The summed E-state index contributed by atoms with van der Waals surface area (Å²) in [5, 5.41) is 2.80. The fourth-order valence-electron chi connectivity index (χ4n) is 2.57. The minimum Gasteiger partial charge on any atom is -0.454 e. The second-order valence-corrected chi connectivity index (χ2v) is 7.56. The first-order valence-electron chi connectivity index (χ1n) is 6.90. The second-order valence-electron chi connectivity index (χ2n) is 5.33. The maximum Gasteiger partial charge on any atom is 0.231 e. The van der Waals surface area contributed by atoms with Gasteiger partial charge in [-0.3, -0.25) is 4.79 Å². The fourth-order valence-corrected chi connectivity index (χ4v) is 4.31. The average molecular weight is 311 g/mol. The van der Waals surface area contributed by atoms with Gasteiger partial charge in [0, 0.05) is 6.54 Å². The third-order valence-electron chi connectivity index (χ3n) is 3.75. The van der Waals surface area contributed by atoms with Crippen molar-refractivity contribution in [3.8, 4) is 11.5 Å². The first kappa shape index (κ1) is 14.2. The third kappa shape index (κ3) is 3.29. The van der Waals surface area contributed by atoms with Crippen LogP contribution >= 0.6 is 0 Å². The molecule has 0 saturated carbocycles. The fraction of sp³-hybridized carbons (Fsp3) is 0.500. The van der Waals surface area contributed by atoms with Crippen LogP contribution < -0.4 is 14.8 Å². The molecule has 114 valence electrons. The summed E-state index contributed by atoms with van der Waals surface area (Å²) < 4.78 is 33.2. The molecule has 1 fully saturated rings. The van der Waals surface area contributed by atoms with Gasteiger partial charge >= 0.3 is 0 Å². The highest BCUT2D eigenvalue weighted by Gasteiger charge is 2.32. The summed E-state index contributed by atoms with van der Waals surface area (Å²) in [6.07, 6.45) is 1.10. The predicted molar refractivity (Wildman–Crippen MR) is 76.0 cm³/mol. The largest absolute Gasteiger partial charge is 0.454 e. The van der Waals surface area contributed by atoms with Gasteiger partial charge in [-0.15, -0.1) is 0 Å². The minimum atomic E-state index is -3.02. The number of nitrogens with one attached hydrogen (secondary N) is 1. The standard InChI is InChI=1S/C14H17NO5S/c16-14(11-4-6-21(17,18)8-11)15-5-3-10-1-2-12-13(7-10)20-9-19-12/h1-2,7,11H,3-6,8-9H2,(H,15,16)/t11-/m0/s1. The Morgan fingerprint density at radius 3 is 2.86 bits per heavy atom. The molecule has 0 aromatic heterocycles. The summed E-state index contributed by atoms with van der Waals surface area (Å²) in [4.78, 5) is 11.9. The highest BCUT2D eigenvalue weighted by atomic mass is 32.2. The van der Waals surface area contributed by atoms with Crippen LogP contribution in [0.25, 0.3) is 0 Å². The molecular formula is C14H17NO5S. The molecule has 0 unspecified atom stereocenters. The number of fused-ring (bicyclic) bond motifs is 1. The molecule has 2 aliphatic rings. The van der Waals surface area contributed by atoms with Gasteiger partial charge in [-0.25, -0.2) is 8.42 Å². The Bertz CT molecular complexity index is 655. The van der Waals surface area contributed by atoms with E-state index >= 15 is 0 Å². The number of hydrogen-bond donors (Lipinski definition) is 1. The lowest BCUT2D eigenvalue weighted by Gasteiger charge is -2.09. The van der Waals surface area contributed by atoms with Crippen molar-refractivity contribution in [1.29, 1.82) is 0 Å². The van der Waals surface area contributed by atoms with E-state index in [2.05, 4.69) is 5.32 Å². The highest BCUT2D eigenvalue weighted by molar-refractivity contribution is 7.91. The summed E-state index contributed by atoms with van der Waals surface area (Å²) in [5.41, 5.74) is 1.04. The Morgan fingerprint density at radius 2 is 2.10 bits per heavy atom. The Balaban J connectivity index is 1.49. The van der Waals surface area contributed by atoms with Crippen LogP contribution in [-0.4, -0.2) is 39.2 Å². The first-order chi connectivity index (χ1) is 10.0. The lowest BCUT2D eigenvalue weighted by atomic mass is 10.1. The lowest BCUT2D eigenvalue weighted by Crippen LogP contribution is -2.32. The number of rotatable bonds is 4. The molecule has 2 aliphatic heterocycles. The molecule has 7 heteroatoms. The second kappa shape index (κ2) is 5.55. The number of ether oxygens (including phenoxy) is 2. The van der Waals surface area contributed by atoms with Crippen LogP contribution in [0.2, 0.25) is 0 Å².